The predicted octanol–water partition coefficient (Wildman–Crippen LogP) is 29.8. The van der Waals surface area contributed by atoms with Crippen LogP contribution in [0, 0.1) is 104 Å². The van der Waals surface area contributed by atoms with E-state index in [1.54, 1.807) is 193 Å². The third-order valence-electron chi connectivity index (χ3n) is 23.4. The van der Waals surface area contributed by atoms with Gasteiger partial charge >= 0.3 is 0 Å². The second-order valence-electron chi connectivity index (χ2n) is 38.0. The largest absolute Gasteiger partial charge is 0.0649 e. The highest BCUT2D eigenvalue weighted by molar-refractivity contribution is 4.85. The molecule has 4 atom stereocenters. The molecule has 0 amide bonds. The van der Waals surface area contributed by atoms with Gasteiger partial charge in [-0.25, -0.2) is 0 Å². The molecule has 14 fully saturated rings. The van der Waals surface area contributed by atoms with E-state index in [9.17, 15) is 0 Å². The van der Waals surface area contributed by atoms with E-state index in [1.165, 1.54) is 94.3 Å². The third-order valence-corrected chi connectivity index (χ3v) is 23.4. The zero-order valence-corrected chi connectivity index (χ0v) is 62.9. The van der Waals surface area contributed by atoms with Crippen molar-refractivity contribution in [3.8, 4) is 0 Å². The summed E-state index contributed by atoms with van der Waals surface area (Å²) < 4.78 is 0. The van der Waals surface area contributed by atoms with Gasteiger partial charge in [-0.15, -0.1) is 0 Å². The molecule has 12 bridgehead atoms. The Bertz CT molecular complexity index is 1220. The van der Waals surface area contributed by atoms with Crippen molar-refractivity contribution in [2.75, 3.05) is 0 Å². The quantitative estimate of drug-likeness (QED) is 0.227. The molecule has 14 rings (SSSR count). The van der Waals surface area contributed by atoms with Crippen LogP contribution in [0.15, 0.2) is 0 Å². The van der Waals surface area contributed by atoms with Gasteiger partial charge in [0, 0.05) is 0 Å². The van der Waals surface area contributed by atoms with Crippen molar-refractivity contribution < 1.29 is 0 Å². The number of rotatable bonds is 0. The van der Waals surface area contributed by atoms with Gasteiger partial charge in [-0.3, -0.25) is 0 Å². The number of hydrogen-bond acceptors (Lipinski definition) is 0. The minimum atomic E-state index is 0.542. The Kier molecular flexibility index (Phi) is 41.1. The van der Waals surface area contributed by atoms with Gasteiger partial charge in [0.2, 0.25) is 0 Å². The van der Waals surface area contributed by atoms with E-state index in [-0.39, 0.29) is 0 Å². The van der Waals surface area contributed by atoms with Gasteiger partial charge in [0.05, 0.1) is 0 Å². The Labute approximate surface area is 530 Å². The normalized spacial score (nSPS) is 30.9. The molecule has 4 unspecified atom stereocenters. The van der Waals surface area contributed by atoms with E-state index < -0.39 is 0 Å². The fourth-order valence-corrected chi connectivity index (χ4v) is 13.9. The van der Waals surface area contributed by atoms with Crippen molar-refractivity contribution in [1.29, 1.82) is 0 Å². The van der Waals surface area contributed by atoms with Crippen LogP contribution in [0.3, 0.4) is 0 Å². The molecule has 0 spiro atoms. The maximum Gasteiger partial charge on any atom is -0.0385 e. The van der Waals surface area contributed by atoms with Crippen LogP contribution < -0.4 is 0 Å². The van der Waals surface area contributed by atoms with Gasteiger partial charge in [0.15, 0.2) is 0 Å². The zero-order valence-electron chi connectivity index (χ0n) is 62.9. The Morgan fingerprint density at radius 2 is 0.253 bits per heavy atom. The summed E-state index contributed by atoms with van der Waals surface area (Å²) in [5, 5.41) is 0. The molecular formula is C83H166. The van der Waals surface area contributed by atoms with E-state index in [1.807, 2.05) is 0 Å². The molecular weight excluding hydrogens is 997 g/mol. The summed E-state index contributed by atoms with van der Waals surface area (Å²) in [6, 6.07) is 0. The van der Waals surface area contributed by atoms with Crippen LogP contribution in [0.4, 0.5) is 0 Å². The Morgan fingerprint density at radius 3 is 0.337 bits per heavy atom. The van der Waals surface area contributed by atoms with Crippen LogP contribution in [0.2, 0.25) is 0 Å². The lowest BCUT2D eigenvalue weighted by Crippen LogP contribution is -2.28. The summed E-state index contributed by atoms with van der Waals surface area (Å²) in [4.78, 5) is 0. The van der Waals surface area contributed by atoms with Crippen LogP contribution in [-0.2, 0) is 0 Å². The third kappa shape index (κ3) is 45.8. The summed E-state index contributed by atoms with van der Waals surface area (Å²) in [6.45, 7) is 53.6. The summed E-state index contributed by atoms with van der Waals surface area (Å²) in [7, 11) is 0. The first kappa shape index (κ1) is 81.0. The SMILES string of the molecule is C1CC2CC(C1)C2.C1CC2CCC(C1)C2.C1CC2CCC(C1)C2.C1CC2CCC1C2.C1CC2CCC1CC2.C1CC2CCCC(C1)C2.CCC(C)(C)C.CCC(C)(C)C.CCC(C)(C)C.CCC(C)(C)C.CCC(C)(C)C.CCC(C)(C)C. The first-order valence-electron chi connectivity index (χ1n) is 38.6. The average molecular weight is 1160 g/mol. The summed E-state index contributed by atoms with van der Waals surface area (Å²) in [5.41, 5.74) is 3.25. The summed E-state index contributed by atoms with van der Waals surface area (Å²) in [6.07, 6.45) is 62.2. The molecule has 0 saturated heterocycles. The molecule has 0 aromatic rings. The first-order chi connectivity index (χ1) is 38.6. The lowest BCUT2D eigenvalue weighted by Gasteiger charge is -2.40. The molecule has 14 aliphatic carbocycles. The van der Waals surface area contributed by atoms with E-state index in [0.717, 1.165) is 47.3 Å². The Morgan fingerprint density at radius 1 is 0.157 bits per heavy atom. The first-order valence-corrected chi connectivity index (χ1v) is 38.6. The topological polar surface area (TPSA) is 0 Å². The van der Waals surface area contributed by atoms with Gasteiger partial charge in [-0.05, 0) is 142 Å². The molecule has 14 aliphatic rings. The molecule has 0 aromatic carbocycles. The highest BCUT2D eigenvalue weighted by Gasteiger charge is 2.33. The standard InChI is InChI=1S/C9H16.3C8H14.2C7H12.6C6H14/c1-3-8-5-2-6-9(4-1)7-8;1-2-8-5-3-7(1)4-6-8;2*1-2-7-4-5-8(3-1)6-7;1-2-7-4-3-6(1)5-7;1-2-6-4-7(3-1)5-6;6*1-5-6(2,3)4/h8-9H,1-7H2;3*7-8H,1-6H2;2*6-7H,1-5H2;6*5H2,1-4H3. The molecule has 0 N–H and O–H groups in total. The maximum absolute atomic E-state index is 2.24. The molecule has 0 heterocycles. The minimum Gasteiger partial charge on any atom is -0.0649 e. The van der Waals surface area contributed by atoms with E-state index in [2.05, 4.69) is 166 Å². The monoisotopic (exact) mass is 1160 g/mol. The van der Waals surface area contributed by atoms with Crippen LogP contribution in [-0.4, -0.2) is 0 Å². The fraction of sp³-hybridized carbons (Fsp3) is 1.00. The van der Waals surface area contributed by atoms with Crippen molar-refractivity contribution in [2.45, 2.75) is 429 Å². The van der Waals surface area contributed by atoms with Crippen molar-refractivity contribution in [3.05, 3.63) is 0 Å². The van der Waals surface area contributed by atoms with Crippen LogP contribution in [0.25, 0.3) is 0 Å². The van der Waals surface area contributed by atoms with Gasteiger partial charge in [-0.2, -0.15) is 0 Å². The number of hydrogen-bond donors (Lipinski definition) is 0. The van der Waals surface area contributed by atoms with Crippen LogP contribution >= 0.6 is 0 Å². The molecule has 0 nitrogen and oxygen atoms in total. The molecule has 0 heteroatoms. The Balaban J connectivity index is 0.000000455. The van der Waals surface area contributed by atoms with E-state index >= 15 is 0 Å². The highest BCUT2D eigenvalue weighted by Crippen LogP contribution is 2.46. The second kappa shape index (κ2) is 42.1. The van der Waals surface area contributed by atoms with Gasteiger partial charge < -0.3 is 0 Å². The van der Waals surface area contributed by atoms with Crippen molar-refractivity contribution >= 4 is 0 Å². The van der Waals surface area contributed by atoms with E-state index in [0.29, 0.717) is 32.5 Å². The van der Waals surface area contributed by atoms with Crippen LogP contribution in [0.5, 0.6) is 0 Å². The van der Waals surface area contributed by atoms with Crippen molar-refractivity contribution in [1.82, 2.24) is 0 Å². The Hall–Kier alpha value is 0. The summed E-state index contributed by atoms with van der Waals surface area (Å²) in [5.74, 6) is 14.0. The van der Waals surface area contributed by atoms with E-state index in [4.69, 9.17) is 0 Å². The van der Waals surface area contributed by atoms with Crippen molar-refractivity contribution in [2.24, 2.45) is 104 Å². The van der Waals surface area contributed by atoms with Gasteiger partial charge in [-0.1, -0.05) is 391 Å². The average Bonchev–Trinajstić information content (AvgIpc) is 4.44. The van der Waals surface area contributed by atoms with Gasteiger partial charge in [0.25, 0.3) is 0 Å². The van der Waals surface area contributed by atoms with Crippen molar-refractivity contribution in [3.63, 3.8) is 0 Å². The smallest absolute Gasteiger partial charge is 0.0385 e. The zero-order chi connectivity index (χ0) is 62.9. The minimum absolute atomic E-state index is 0.542. The predicted molar refractivity (Wildman–Crippen MR) is 382 cm³/mol. The second-order valence-corrected chi connectivity index (χ2v) is 38.0. The van der Waals surface area contributed by atoms with Crippen LogP contribution in [0.1, 0.15) is 429 Å². The molecule has 14 saturated carbocycles. The molecule has 83 heavy (non-hydrogen) atoms. The lowest BCUT2D eigenvalue weighted by molar-refractivity contribution is 0.116. The fourth-order valence-electron chi connectivity index (χ4n) is 13.9. The summed E-state index contributed by atoms with van der Waals surface area (Å²) >= 11 is 0. The molecule has 0 radical (unpaired) electrons. The molecule has 0 aliphatic heterocycles. The highest BCUT2D eigenvalue weighted by atomic mass is 14.4. The lowest BCUT2D eigenvalue weighted by atomic mass is 9.65. The molecule has 498 valence electrons. The molecule has 0 aromatic heterocycles. The maximum atomic E-state index is 2.24. The number of fused-ring (bicyclic) bond motifs is 13. The van der Waals surface area contributed by atoms with Gasteiger partial charge in [0.1, 0.15) is 0 Å².